The molecule has 10 rings (SSSR count). The van der Waals surface area contributed by atoms with Crippen LogP contribution in [-0.2, 0) is 52.0 Å². The minimum Gasteiger partial charge on any atom is -0.484 e. The summed E-state index contributed by atoms with van der Waals surface area (Å²) in [5, 5.41) is 38.4. The van der Waals surface area contributed by atoms with Gasteiger partial charge in [-0.15, -0.1) is 0 Å². The van der Waals surface area contributed by atoms with Gasteiger partial charge in [0.15, 0.2) is 0 Å². The Labute approximate surface area is 559 Å². The predicted molar refractivity (Wildman–Crippen MR) is 349 cm³/mol. The molecule has 4 aliphatic heterocycles. The normalized spacial score (nSPS) is 21.7. The molecule has 4 heterocycles. The minimum absolute atomic E-state index is 0.0409. The van der Waals surface area contributed by atoms with Crippen molar-refractivity contribution in [1.29, 1.82) is 10.5 Å². The maximum atomic E-state index is 13.4. The van der Waals surface area contributed by atoms with Gasteiger partial charge >= 0.3 is 12.1 Å². The lowest BCUT2D eigenvalue weighted by Crippen LogP contribution is -2.50. The van der Waals surface area contributed by atoms with Crippen molar-refractivity contribution in [3.63, 3.8) is 0 Å². The van der Waals surface area contributed by atoms with E-state index in [1.807, 2.05) is 21.9 Å². The highest BCUT2D eigenvalue weighted by Crippen LogP contribution is 2.43. The first-order chi connectivity index (χ1) is 45.4. The largest absolute Gasteiger partial charge is 0.484 e. The van der Waals surface area contributed by atoms with Gasteiger partial charge in [-0.1, -0.05) is 23.2 Å². The molecule has 4 aromatic rings. The number of urea groups is 2. The Morgan fingerprint density at radius 2 is 0.915 bits per heavy atom. The summed E-state index contributed by atoms with van der Waals surface area (Å²) in [6.45, 7) is 12.2. The monoisotopic (exact) mass is 1370 g/mol. The molecule has 0 unspecified atom stereocenters. The molecule has 4 saturated heterocycles. The van der Waals surface area contributed by atoms with Crippen LogP contribution in [-0.4, -0.2) is 217 Å². The van der Waals surface area contributed by atoms with Crippen LogP contribution in [0.2, 0.25) is 10.0 Å². The molecule has 0 saturated carbocycles. The van der Waals surface area contributed by atoms with Gasteiger partial charge < -0.3 is 60.6 Å². The molecule has 0 bridgehead atoms. The number of nitriles is 2. The zero-order chi connectivity index (χ0) is 66.2. The van der Waals surface area contributed by atoms with Crippen molar-refractivity contribution in [1.82, 2.24) is 60.9 Å². The van der Waals surface area contributed by atoms with Crippen molar-refractivity contribution >= 4 is 67.1 Å². The highest BCUT2D eigenvalue weighted by Gasteiger charge is 2.42. The van der Waals surface area contributed by atoms with Crippen LogP contribution in [0.1, 0.15) is 71.3 Å². The summed E-state index contributed by atoms with van der Waals surface area (Å²) in [6, 6.07) is 22.7. The Morgan fingerprint density at radius 1 is 0.532 bits per heavy atom. The number of carbonyl (C=O) groups is 4. The fourth-order valence-electron chi connectivity index (χ4n) is 13.1. The number of halogens is 2. The number of hydrogen-bond acceptors (Lipinski definition) is 20. The van der Waals surface area contributed by atoms with Crippen LogP contribution in [0.3, 0.4) is 0 Å². The maximum Gasteiger partial charge on any atom is 0.314 e. The number of hydrogen-bond donors (Lipinski definition) is 8. The zero-order valence-corrected chi connectivity index (χ0v) is 55.5. The number of fused-ring (bicyclic) bond motifs is 2. The highest BCUT2D eigenvalue weighted by molar-refractivity contribution is 7.90. The quantitative estimate of drug-likeness (QED) is 0.0362. The van der Waals surface area contributed by atoms with Crippen molar-refractivity contribution < 1.29 is 55.0 Å². The van der Waals surface area contributed by atoms with Crippen molar-refractivity contribution in [2.45, 2.75) is 72.6 Å². The van der Waals surface area contributed by atoms with Crippen LogP contribution in [0.25, 0.3) is 0 Å². The summed E-state index contributed by atoms with van der Waals surface area (Å²) < 4.78 is 82.4. The first-order valence-corrected chi connectivity index (χ1v) is 35.8. The first-order valence-electron chi connectivity index (χ1n) is 32.1. The van der Waals surface area contributed by atoms with Crippen LogP contribution < -0.4 is 50.8 Å². The summed E-state index contributed by atoms with van der Waals surface area (Å²) in [5.41, 5.74) is 4.53. The second kappa shape index (κ2) is 33.2. The third-order valence-electron chi connectivity index (χ3n) is 18.0. The number of nitrogens with zero attached hydrogens (tertiary/aromatic N) is 6. The highest BCUT2D eigenvalue weighted by atomic mass is 35.5. The van der Waals surface area contributed by atoms with Crippen molar-refractivity contribution in [2.75, 3.05) is 144 Å². The first kappa shape index (κ1) is 69.9. The Kier molecular flexibility index (Phi) is 24.7. The van der Waals surface area contributed by atoms with Gasteiger partial charge in [-0.25, -0.2) is 35.9 Å². The summed E-state index contributed by atoms with van der Waals surface area (Å²) in [7, 11) is -8.34. The summed E-state index contributed by atoms with van der Waals surface area (Å²) in [4.78, 5) is 59.6. The van der Waals surface area contributed by atoms with E-state index in [0.717, 1.165) is 74.6 Å². The number of amides is 6. The topological polar surface area (TPSA) is 330 Å². The average Bonchev–Trinajstić information content (AvgIpc) is 1.62. The molecular weight excluding hydrogens is 1290 g/mol. The Balaban J connectivity index is 0.522. The van der Waals surface area contributed by atoms with E-state index in [1.54, 1.807) is 36.4 Å². The average molecular weight is 1370 g/mol. The van der Waals surface area contributed by atoms with Gasteiger partial charge in [0.1, 0.15) is 23.7 Å². The second-order valence-corrected chi connectivity index (χ2v) is 28.4. The Hall–Kier alpha value is -6.90. The SMILES string of the molecule is N#Cc1cc(Cl)cc2c1C[C@H](N1CCNCC1)[C@H]2Oc1ccc(S(=O)(=O)NC(=O)[C@@H]2CCN(CCOCCNC(=O)NCCCCNC(=O)NCCOCCN3CC[C@@H](C(=O)NS(=O)(=O)c4ccc(O[C@H]5c6cc(Cl)cc(C#N)c6C[C@@H]5N5CCNCC5)cc4)C3)C2)cc1. The molecule has 6 aliphatic rings. The number of nitrogens with one attached hydrogen (secondary N) is 8. The van der Waals surface area contributed by atoms with Crippen molar-refractivity contribution in [2.24, 2.45) is 11.8 Å². The van der Waals surface area contributed by atoms with Gasteiger partial charge in [0.2, 0.25) is 11.8 Å². The Bertz CT molecular complexity index is 3390. The van der Waals surface area contributed by atoms with Gasteiger partial charge in [0, 0.05) is 115 Å². The minimum atomic E-state index is -4.17. The van der Waals surface area contributed by atoms with E-state index < -0.39 is 55.9 Å². The molecular formula is C64H82Cl2N14O12S2. The number of ether oxygens (including phenoxy) is 4. The second-order valence-electron chi connectivity index (χ2n) is 24.2. The van der Waals surface area contributed by atoms with Crippen LogP contribution in [0.4, 0.5) is 9.59 Å². The molecule has 0 aromatic heterocycles. The van der Waals surface area contributed by atoms with Crippen molar-refractivity contribution in [3.05, 3.63) is 116 Å². The van der Waals surface area contributed by atoms with E-state index in [4.69, 9.17) is 42.1 Å². The molecule has 4 aromatic carbocycles. The van der Waals surface area contributed by atoms with Crippen LogP contribution in [0.15, 0.2) is 82.6 Å². The summed E-state index contributed by atoms with van der Waals surface area (Å²) in [5.74, 6) is -1.32. The number of likely N-dealkylation sites (tertiary alicyclic amines) is 2. The number of unbranched alkanes of at least 4 members (excludes halogenated alkanes) is 1. The van der Waals surface area contributed by atoms with Crippen LogP contribution in [0.5, 0.6) is 11.5 Å². The van der Waals surface area contributed by atoms with Gasteiger partial charge in [0.05, 0.1) is 83.4 Å². The maximum absolute atomic E-state index is 13.4. The van der Waals surface area contributed by atoms with E-state index in [-0.39, 0.29) is 60.2 Å². The number of benzene rings is 4. The number of sulfonamides is 2. The van der Waals surface area contributed by atoms with Gasteiger partial charge in [-0.05, 0) is 147 Å². The van der Waals surface area contributed by atoms with E-state index >= 15 is 0 Å². The van der Waals surface area contributed by atoms with E-state index in [9.17, 15) is 46.5 Å². The third kappa shape index (κ3) is 18.6. The van der Waals surface area contributed by atoms with Gasteiger partial charge in [0.25, 0.3) is 20.0 Å². The molecule has 2 aliphatic carbocycles. The molecule has 4 fully saturated rings. The number of carbonyl (C=O) groups excluding carboxylic acids is 4. The summed E-state index contributed by atoms with van der Waals surface area (Å²) in [6.07, 6.45) is 2.62. The summed E-state index contributed by atoms with van der Waals surface area (Å²) >= 11 is 12.9. The Morgan fingerprint density at radius 3 is 1.30 bits per heavy atom. The van der Waals surface area contributed by atoms with E-state index in [0.29, 0.717) is 137 Å². The lowest BCUT2D eigenvalue weighted by Gasteiger charge is -2.36. The zero-order valence-electron chi connectivity index (χ0n) is 52.3. The van der Waals surface area contributed by atoms with Gasteiger partial charge in [-0.2, -0.15) is 10.5 Å². The lowest BCUT2D eigenvalue weighted by atomic mass is 10.0. The fraction of sp³-hybridized carbons (Fsp3) is 0.531. The molecule has 506 valence electrons. The molecule has 0 radical (unpaired) electrons. The van der Waals surface area contributed by atoms with Gasteiger partial charge in [-0.3, -0.25) is 19.4 Å². The third-order valence-corrected chi connectivity index (χ3v) is 21.2. The van der Waals surface area contributed by atoms with Crippen LogP contribution in [0, 0.1) is 34.5 Å². The predicted octanol–water partition coefficient (Wildman–Crippen LogP) is 3.00. The molecule has 30 heteroatoms. The molecule has 0 spiro atoms. The molecule has 6 amide bonds. The lowest BCUT2D eigenvalue weighted by molar-refractivity contribution is -0.123. The fourth-order valence-corrected chi connectivity index (χ4v) is 15.6. The smallest absolute Gasteiger partial charge is 0.314 e. The number of piperazine rings is 2. The standard InChI is InChI=1S/C64H82Cl2N14O12S2/c65-47-33-45(39-67)53-37-57(79-23-15-69-16-24-79)59(55(53)35-47)91-49-3-7-51(8-4-49)93(85,86)75-61(81)43-11-21-77(41-43)27-31-89-29-19-73-63(83)71-13-1-2-14-72-64(84)74-20-30-90-32-28-78-22-12-44(42-78)62(82)76-94(87,88)52-9-5-50(6-10-52)92-60-56-36-48(66)34-46(40-68)54(56)38-58(60)80-25-17-70-18-26-80/h3-10,33-36,43-44,57-60,69-70H,1-2,11-32,37-38,41-42H2,(H,75,81)(H,76,82)(H2,71,73,83)(H2,72,74,84)/t43-,44-,57+,58+,59+,60+/m1/s1. The van der Waals surface area contributed by atoms with Crippen LogP contribution >= 0.6 is 23.2 Å². The van der Waals surface area contributed by atoms with Crippen molar-refractivity contribution in [3.8, 4) is 23.6 Å². The number of rotatable bonds is 29. The van der Waals surface area contributed by atoms with E-state index in [2.05, 4.69) is 63.3 Å². The molecule has 26 nitrogen and oxygen atoms in total. The molecule has 8 N–H and O–H groups in total. The molecule has 94 heavy (non-hydrogen) atoms. The molecule has 6 atom stereocenters. The van der Waals surface area contributed by atoms with E-state index in [1.165, 1.54) is 24.3 Å².